The van der Waals surface area contributed by atoms with Crippen LogP contribution in [-0.4, -0.2) is 47.2 Å². The van der Waals surface area contributed by atoms with Crippen molar-refractivity contribution in [1.29, 1.82) is 0 Å². The number of carbonyl (C=O) groups is 3. The van der Waals surface area contributed by atoms with Gasteiger partial charge in [0, 0.05) is 19.4 Å². The molecule has 0 aliphatic rings. The van der Waals surface area contributed by atoms with Gasteiger partial charge < -0.3 is 25.8 Å². The standard InChI is InChI=1S/C30H43N3O5/c1-6-7-8-12-17-31-27(35)24(20-23-15-16-26(34)21(2)18-23)32-28(36)25(19-22-13-10-9-11-14-22)33-29(37)38-30(3,4)5/h9-11,13-16,18,24-25,34H,6-8,12,17,19-20H2,1-5H3,(H,31,35)(H,32,36)(H,33,37)/t24-,25-/m0/s1. The van der Waals surface area contributed by atoms with Crippen LogP contribution in [0.1, 0.15) is 70.1 Å². The van der Waals surface area contributed by atoms with Crippen LogP contribution in [0.25, 0.3) is 0 Å². The first-order valence-corrected chi connectivity index (χ1v) is 13.4. The first-order valence-electron chi connectivity index (χ1n) is 13.4. The number of alkyl carbamates (subject to hydrolysis) is 1. The van der Waals surface area contributed by atoms with E-state index >= 15 is 0 Å². The Morgan fingerprint density at radius 2 is 1.53 bits per heavy atom. The van der Waals surface area contributed by atoms with Gasteiger partial charge in [0.1, 0.15) is 23.4 Å². The zero-order valence-corrected chi connectivity index (χ0v) is 23.3. The maximum absolute atomic E-state index is 13.5. The normalized spacial score (nSPS) is 12.8. The highest BCUT2D eigenvalue weighted by molar-refractivity contribution is 5.91. The number of hydrogen-bond acceptors (Lipinski definition) is 5. The van der Waals surface area contributed by atoms with Gasteiger partial charge in [0.15, 0.2) is 0 Å². The zero-order chi connectivity index (χ0) is 28.1. The lowest BCUT2D eigenvalue weighted by molar-refractivity contribution is -0.130. The van der Waals surface area contributed by atoms with E-state index in [0.717, 1.165) is 36.8 Å². The van der Waals surface area contributed by atoms with Crippen molar-refractivity contribution in [2.75, 3.05) is 6.54 Å². The van der Waals surface area contributed by atoms with Gasteiger partial charge in [-0.25, -0.2) is 4.79 Å². The van der Waals surface area contributed by atoms with Crippen LogP contribution in [0.4, 0.5) is 4.79 Å². The summed E-state index contributed by atoms with van der Waals surface area (Å²) in [4.78, 5) is 39.2. The molecule has 8 heteroatoms. The van der Waals surface area contributed by atoms with Crippen molar-refractivity contribution in [2.24, 2.45) is 0 Å². The first kappa shape index (κ1) is 30.7. The van der Waals surface area contributed by atoms with E-state index in [1.807, 2.05) is 30.3 Å². The van der Waals surface area contributed by atoms with E-state index in [9.17, 15) is 19.5 Å². The maximum atomic E-state index is 13.5. The number of rotatable bonds is 13. The fourth-order valence-corrected chi connectivity index (χ4v) is 3.96. The van der Waals surface area contributed by atoms with Crippen molar-refractivity contribution in [3.63, 3.8) is 0 Å². The number of phenolic OH excluding ortho intramolecular Hbond substituents is 1. The summed E-state index contributed by atoms with van der Waals surface area (Å²) in [5.41, 5.74) is 1.61. The van der Waals surface area contributed by atoms with Crippen molar-refractivity contribution >= 4 is 17.9 Å². The van der Waals surface area contributed by atoms with E-state index < -0.39 is 29.7 Å². The SMILES string of the molecule is CCCCCCNC(=O)[C@H](Cc1ccc(O)c(C)c1)NC(=O)[C@H](Cc1ccccc1)NC(=O)OC(C)(C)C. The van der Waals surface area contributed by atoms with E-state index in [0.29, 0.717) is 12.1 Å². The number of aromatic hydroxyl groups is 1. The lowest BCUT2D eigenvalue weighted by atomic mass is 10.0. The van der Waals surface area contributed by atoms with Crippen LogP contribution >= 0.6 is 0 Å². The van der Waals surface area contributed by atoms with Crippen LogP contribution in [0.5, 0.6) is 5.75 Å². The molecule has 2 aromatic carbocycles. The van der Waals surface area contributed by atoms with Crippen molar-refractivity contribution < 1.29 is 24.2 Å². The number of aryl methyl sites for hydroxylation is 1. The van der Waals surface area contributed by atoms with Crippen molar-refractivity contribution in [3.8, 4) is 5.75 Å². The fourth-order valence-electron chi connectivity index (χ4n) is 3.96. The van der Waals surface area contributed by atoms with Gasteiger partial charge in [-0.05, 0) is 56.9 Å². The number of nitrogens with one attached hydrogen (secondary N) is 3. The molecule has 208 valence electrons. The lowest BCUT2D eigenvalue weighted by Gasteiger charge is -2.25. The third kappa shape index (κ3) is 11.2. The van der Waals surface area contributed by atoms with Crippen LogP contribution in [0.2, 0.25) is 0 Å². The van der Waals surface area contributed by atoms with E-state index in [1.165, 1.54) is 0 Å². The molecule has 0 spiro atoms. The zero-order valence-electron chi connectivity index (χ0n) is 23.3. The number of amides is 3. The summed E-state index contributed by atoms with van der Waals surface area (Å²) >= 11 is 0. The number of benzene rings is 2. The molecule has 2 rings (SSSR count). The Balaban J connectivity index is 2.22. The number of carbonyl (C=O) groups excluding carboxylic acids is 3. The Hall–Kier alpha value is -3.55. The maximum Gasteiger partial charge on any atom is 0.408 e. The molecule has 0 radical (unpaired) electrons. The summed E-state index contributed by atoms with van der Waals surface area (Å²) in [6.45, 7) is 9.67. The van der Waals surface area contributed by atoms with Crippen LogP contribution in [0, 0.1) is 6.92 Å². The van der Waals surface area contributed by atoms with Gasteiger partial charge in [0.05, 0.1) is 0 Å². The molecule has 38 heavy (non-hydrogen) atoms. The Kier molecular flexibility index (Phi) is 12.1. The Bertz CT molecular complexity index is 1050. The smallest absolute Gasteiger partial charge is 0.408 e. The molecule has 0 bridgehead atoms. The van der Waals surface area contributed by atoms with Gasteiger partial charge in [-0.3, -0.25) is 9.59 Å². The first-order chi connectivity index (χ1) is 18.0. The predicted molar refractivity (Wildman–Crippen MR) is 149 cm³/mol. The molecule has 2 atom stereocenters. The highest BCUT2D eigenvalue weighted by Crippen LogP contribution is 2.18. The fraction of sp³-hybridized carbons (Fsp3) is 0.500. The van der Waals surface area contributed by atoms with Gasteiger partial charge in [-0.15, -0.1) is 0 Å². The molecule has 0 heterocycles. The minimum absolute atomic E-state index is 0.166. The molecular formula is C30H43N3O5. The predicted octanol–water partition coefficient (Wildman–Crippen LogP) is 4.56. The quantitative estimate of drug-likeness (QED) is 0.286. The molecule has 0 unspecified atom stereocenters. The van der Waals surface area contributed by atoms with E-state index in [-0.39, 0.29) is 24.5 Å². The molecule has 0 aliphatic carbocycles. The molecule has 0 aliphatic heterocycles. The Morgan fingerprint density at radius 3 is 2.16 bits per heavy atom. The van der Waals surface area contributed by atoms with Gasteiger partial charge in [0.2, 0.25) is 11.8 Å². The monoisotopic (exact) mass is 525 g/mol. The molecule has 0 fully saturated rings. The highest BCUT2D eigenvalue weighted by Gasteiger charge is 2.29. The third-order valence-corrected chi connectivity index (χ3v) is 5.95. The molecule has 0 saturated carbocycles. The number of hydrogen-bond donors (Lipinski definition) is 4. The van der Waals surface area contributed by atoms with Crippen LogP contribution < -0.4 is 16.0 Å². The summed E-state index contributed by atoms with van der Waals surface area (Å²) in [5.74, 6) is -0.614. The Morgan fingerprint density at radius 1 is 0.868 bits per heavy atom. The third-order valence-electron chi connectivity index (χ3n) is 5.95. The summed E-state index contributed by atoms with van der Waals surface area (Å²) in [5, 5.41) is 18.4. The summed E-state index contributed by atoms with van der Waals surface area (Å²) in [6, 6.07) is 12.6. The second-order valence-electron chi connectivity index (χ2n) is 10.6. The van der Waals surface area contributed by atoms with Crippen molar-refractivity contribution in [2.45, 2.75) is 90.8 Å². The molecule has 0 aromatic heterocycles. The van der Waals surface area contributed by atoms with E-state index in [2.05, 4.69) is 22.9 Å². The number of unbranched alkanes of at least 4 members (excludes halogenated alkanes) is 3. The van der Waals surface area contributed by atoms with Gasteiger partial charge in [-0.1, -0.05) is 68.7 Å². The topological polar surface area (TPSA) is 117 Å². The average molecular weight is 526 g/mol. The second kappa shape index (κ2) is 15.0. The Labute approximate surface area is 226 Å². The van der Waals surface area contributed by atoms with Crippen LogP contribution in [0.15, 0.2) is 48.5 Å². The van der Waals surface area contributed by atoms with Gasteiger partial charge >= 0.3 is 6.09 Å². The summed E-state index contributed by atoms with van der Waals surface area (Å²) < 4.78 is 5.38. The molecule has 2 aromatic rings. The number of phenols is 1. The van der Waals surface area contributed by atoms with Crippen molar-refractivity contribution in [1.82, 2.24) is 16.0 Å². The highest BCUT2D eigenvalue weighted by atomic mass is 16.6. The minimum Gasteiger partial charge on any atom is -0.508 e. The van der Waals surface area contributed by atoms with Crippen LogP contribution in [-0.2, 0) is 27.2 Å². The largest absolute Gasteiger partial charge is 0.508 e. The second-order valence-corrected chi connectivity index (χ2v) is 10.6. The molecule has 0 saturated heterocycles. The van der Waals surface area contributed by atoms with Gasteiger partial charge in [0.25, 0.3) is 0 Å². The van der Waals surface area contributed by atoms with Crippen molar-refractivity contribution in [3.05, 3.63) is 65.2 Å². The molecule has 8 nitrogen and oxygen atoms in total. The van der Waals surface area contributed by atoms with E-state index in [1.54, 1.807) is 45.9 Å². The van der Waals surface area contributed by atoms with Crippen LogP contribution in [0.3, 0.4) is 0 Å². The van der Waals surface area contributed by atoms with E-state index in [4.69, 9.17) is 4.74 Å². The number of ether oxygens (including phenoxy) is 1. The lowest BCUT2D eigenvalue weighted by Crippen LogP contribution is -2.55. The molecular weight excluding hydrogens is 482 g/mol. The molecule has 3 amide bonds. The molecule has 4 N–H and O–H groups in total. The summed E-state index contributed by atoms with van der Waals surface area (Å²) in [7, 11) is 0. The minimum atomic E-state index is -0.950. The van der Waals surface area contributed by atoms with Gasteiger partial charge in [-0.2, -0.15) is 0 Å². The average Bonchev–Trinajstić information content (AvgIpc) is 2.84. The summed E-state index contributed by atoms with van der Waals surface area (Å²) in [6.07, 6.45) is 3.83.